The molecule has 0 spiro atoms. The molecule has 0 aromatic carbocycles. The average Bonchev–Trinajstić information content (AvgIpc) is 3.05. The smallest absolute Gasteiger partial charge is 0.233 e. The normalized spacial score (nSPS) is 43.0. The zero-order chi connectivity index (χ0) is 12.3. The van der Waals surface area contributed by atoms with Gasteiger partial charge in [0.2, 0.25) is 11.8 Å². The minimum atomic E-state index is -0.00516. The fourth-order valence-corrected chi connectivity index (χ4v) is 4.62. The van der Waals surface area contributed by atoms with Crippen LogP contribution >= 0.6 is 0 Å². The number of fused-ring (bicyclic) bond motifs is 5. The third-order valence-corrected chi connectivity index (χ3v) is 5.44. The van der Waals surface area contributed by atoms with E-state index in [4.69, 9.17) is 0 Å². The first-order valence-corrected chi connectivity index (χ1v) is 7.32. The van der Waals surface area contributed by atoms with Crippen LogP contribution in [0.1, 0.15) is 38.5 Å². The molecule has 4 aliphatic rings. The molecule has 3 aliphatic carbocycles. The van der Waals surface area contributed by atoms with Crippen LogP contribution in [0.4, 0.5) is 0 Å². The van der Waals surface area contributed by atoms with E-state index in [9.17, 15) is 9.59 Å². The van der Waals surface area contributed by atoms with Crippen LogP contribution < -0.4 is 0 Å². The Morgan fingerprint density at radius 2 is 1.44 bits per heavy atom. The highest BCUT2D eigenvalue weighted by Gasteiger charge is 2.60. The molecular weight excluding hydrogens is 226 g/mol. The second-order valence-corrected chi connectivity index (χ2v) is 6.34. The molecule has 4 rings (SSSR count). The Labute approximate surface area is 107 Å². The Bertz CT molecular complexity index is 406. The van der Waals surface area contributed by atoms with Crippen molar-refractivity contribution in [3.8, 4) is 0 Å². The highest BCUT2D eigenvalue weighted by Crippen LogP contribution is 2.53. The van der Waals surface area contributed by atoms with Crippen molar-refractivity contribution >= 4 is 11.8 Å². The van der Waals surface area contributed by atoms with Crippen LogP contribution in [0.2, 0.25) is 0 Å². The van der Waals surface area contributed by atoms with Crippen LogP contribution in [0.5, 0.6) is 0 Å². The van der Waals surface area contributed by atoms with Gasteiger partial charge >= 0.3 is 0 Å². The molecule has 3 heteroatoms. The maximum absolute atomic E-state index is 12.6. The molecule has 3 fully saturated rings. The number of nitrogens with zero attached hydrogens (tertiary/aromatic N) is 1. The van der Waals surface area contributed by atoms with E-state index in [1.54, 1.807) is 4.90 Å². The average molecular weight is 245 g/mol. The van der Waals surface area contributed by atoms with E-state index in [0.717, 1.165) is 19.3 Å². The van der Waals surface area contributed by atoms with Gasteiger partial charge in [0.05, 0.1) is 11.8 Å². The Balaban J connectivity index is 1.63. The van der Waals surface area contributed by atoms with Crippen LogP contribution in [0, 0.1) is 23.7 Å². The molecule has 18 heavy (non-hydrogen) atoms. The Hall–Kier alpha value is -1.12. The zero-order valence-electron chi connectivity index (χ0n) is 10.5. The van der Waals surface area contributed by atoms with Gasteiger partial charge in [0.25, 0.3) is 0 Å². The molecular formula is C15H19NO2. The molecule has 0 aromatic rings. The van der Waals surface area contributed by atoms with E-state index >= 15 is 0 Å². The lowest BCUT2D eigenvalue weighted by atomic mass is 9.85. The van der Waals surface area contributed by atoms with Crippen molar-refractivity contribution in [3.63, 3.8) is 0 Å². The van der Waals surface area contributed by atoms with E-state index in [0.29, 0.717) is 11.8 Å². The van der Waals surface area contributed by atoms with Gasteiger partial charge in [-0.25, -0.2) is 0 Å². The van der Waals surface area contributed by atoms with Gasteiger partial charge < -0.3 is 0 Å². The topological polar surface area (TPSA) is 37.4 Å². The molecule has 0 aromatic heterocycles. The monoisotopic (exact) mass is 245 g/mol. The molecule has 1 aliphatic heterocycles. The highest BCUT2D eigenvalue weighted by molar-refractivity contribution is 6.06. The third kappa shape index (κ3) is 1.25. The standard InChI is InChI=1S/C15H19NO2/c17-14-12-9-6-7-10(8-9)13(12)15(18)16(14)11-4-2-1-3-5-11/h6-7,9-13H,1-5,8H2/t9-,10?,12+,13-/m0/s1. The van der Waals surface area contributed by atoms with Crippen LogP contribution in [-0.2, 0) is 9.59 Å². The number of allylic oxidation sites excluding steroid dienone is 2. The van der Waals surface area contributed by atoms with Crippen molar-refractivity contribution in [2.24, 2.45) is 23.7 Å². The molecule has 1 saturated heterocycles. The van der Waals surface area contributed by atoms with Crippen LogP contribution in [0.25, 0.3) is 0 Å². The van der Waals surface area contributed by atoms with E-state index < -0.39 is 0 Å². The maximum atomic E-state index is 12.6. The molecule has 2 saturated carbocycles. The summed E-state index contributed by atoms with van der Waals surface area (Å²) in [6.07, 6.45) is 11.0. The predicted molar refractivity (Wildman–Crippen MR) is 66.4 cm³/mol. The molecule has 3 nitrogen and oxygen atoms in total. The van der Waals surface area contributed by atoms with Crippen LogP contribution in [0.3, 0.4) is 0 Å². The lowest BCUT2D eigenvalue weighted by Crippen LogP contribution is -2.42. The van der Waals surface area contributed by atoms with Gasteiger partial charge in [-0.1, -0.05) is 31.4 Å². The molecule has 96 valence electrons. The fraction of sp³-hybridized carbons (Fsp3) is 0.733. The molecule has 4 atom stereocenters. The van der Waals surface area contributed by atoms with Gasteiger partial charge in [0.15, 0.2) is 0 Å². The van der Waals surface area contributed by atoms with E-state index in [1.165, 1.54) is 19.3 Å². The van der Waals surface area contributed by atoms with Crippen molar-refractivity contribution in [2.75, 3.05) is 0 Å². The number of amides is 2. The lowest BCUT2D eigenvalue weighted by molar-refractivity contribution is -0.144. The SMILES string of the molecule is O=C1[C@@H]2[C@H]3C=CC(C3)[C@@H]2C(=O)N1C1CCCCC1. The Morgan fingerprint density at radius 1 is 0.889 bits per heavy atom. The number of imide groups is 1. The number of likely N-dealkylation sites (tertiary alicyclic amines) is 1. The molecule has 1 heterocycles. The maximum Gasteiger partial charge on any atom is 0.233 e. The van der Waals surface area contributed by atoms with Gasteiger partial charge in [-0.3, -0.25) is 14.5 Å². The number of carbonyl (C=O) groups excluding carboxylic acids is 2. The zero-order valence-corrected chi connectivity index (χ0v) is 10.5. The van der Waals surface area contributed by atoms with Crippen molar-refractivity contribution in [1.29, 1.82) is 0 Å². The number of hydrogen-bond acceptors (Lipinski definition) is 2. The second kappa shape index (κ2) is 3.69. The first-order valence-electron chi connectivity index (χ1n) is 7.32. The number of rotatable bonds is 1. The summed E-state index contributed by atoms with van der Waals surface area (Å²) in [5.74, 6) is 0.987. The minimum Gasteiger partial charge on any atom is -0.279 e. The highest BCUT2D eigenvalue weighted by atomic mass is 16.2. The molecule has 2 amide bonds. The van der Waals surface area contributed by atoms with E-state index in [1.807, 2.05) is 0 Å². The molecule has 0 radical (unpaired) electrons. The summed E-state index contributed by atoms with van der Waals surface area (Å²) < 4.78 is 0. The van der Waals surface area contributed by atoms with Gasteiger partial charge in [-0.2, -0.15) is 0 Å². The van der Waals surface area contributed by atoms with E-state index in [2.05, 4.69) is 12.2 Å². The summed E-state index contributed by atoms with van der Waals surface area (Å²) in [6.45, 7) is 0. The first kappa shape index (κ1) is 10.8. The summed E-state index contributed by atoms with van der Waals surface area (Å²) in [7, 11) is 0. The molecule has 1 unspecified atom stereocenters. The Kier molecular flexibility index (Phi) is 2.21. The van der Waals surface area contributed by atoms with Crippen LogP contribution in [-0.4, -0.2) is 22.8 Å². The van der Waals surface area contributed by atoms with Crippen molar-refractivity contribution in [3.05, 3.63) is 12.2 Å². The summed E-state index contributed by atoms with van der Waals surface area (Å²) in [5, 5.41) is 0. The van der Waals surface area contributed by atoms with Gasteiger partial charge in [-0.05, 0) is 31.1 Å². The van der Waals surface area contributed by atoms with Crippen molar-refractivity contribution in [1.82, 2.24) is 4.90 Å². The van der Waals surface area contributed by atoms with Crippen molar-refractivity contribution < 1.29 is 9.59 Å². The summed E-state index contributed by atoms with van der Waals surface area (Å²) in [4.78, 5) is 26.8. The Morgan fingerprint density at radius 3 is 2.00 bits per heavy atom. The second-order valence-electron chi connectivity index (χ2n) is 6.34. The summed E-state index contributed by atoms with van der Waals surface area (Å²) in [6, 6.07) is 0.212. The number of carbonyl (C=O) groups is 2. The number of hydrogen-bond donors (Lipinski definition) is 0. The lowest BCUT2D eigenvalue weighted by Gasteiger charge is -2.30. The minimum absolute atomic E-state index is 0.00516. The van der Waals surface area contributed by atoms with Gasteiger partial charge in [0.1, 0.15) is 0 Å². The molecule has 0 N–H and O–H groups in total. The summed E-state index contributed by atoms with van der Waals surface area (Å²) in [5.41, 5.74) is 0. The van der Waals surface area contributed by atoms with E-state index in [-0.39, 0.29) is 29.7 Å². The third-order valence-electron chi connectivity index (χ3n) is 5.44. The quantitative estimate of drug-likeness (QED) is 0.524. The molecule has 2 bridgehead atoms. The first-order chi connectivity index (χ1) is 8.77. The van der Waals surface area contributed by atoms with Gasteiger partial charge in [-0.15, -0.1) is 0 Å². The summed E-state index contributed by atoms with van der Waals surface area (Å²) >= 11 is 0. The van der Waals surface area contributed by atoms with Crippen molar-refractivity contribution in [2.45, 2.75) is 44.6 Å². The fourth-order valence-electron chi connectivity index (χ4n) is 4.62. The largest absolute Gasteiger partial charge is 0.279 e. The van der Waals surface area contributed by atoms with Crippen LogP contribution in [0.15, 0.2) is 12.2 Å². The van der Waals surface area contributed by atoms with Gasteiger partial charge in [0, 0.05) is 6.04 Å². The predicted octanol–water partition coefficient (Wildman–Crippen LogP) is 2.13.